The van der Waals surface area contributed by atoms with Crippen molar-refractivity contribution in [1.82, 2.24) is 14.5 Å². The monoisotopic (exact) mass is 473 g/mol. The highest BCUT2D eigenvalue weighted by atomic mass is 35.5. The van der Waals surface area contributed by atoms with Gasteiger partial charge in [0.1, 0.15) is 12.4 Å². The van der Waals surface area contributed by atoms with Gasteiger partial charge >= 0.3 is 5.69 Å². The lowest BCUT2D eigenvalue weighted by molar-refractivity contribution is 0.146. The van der Waals surface area contributed by atoms with Gasteiger partial charge in [-0.2, -0.15) is 0 Å². The van der Waals surface area contributed by atoms with Gasteiger partial charge in [0.2, 0.25) is 0 Å². The van der Waals surface area contributed by atoms with Crippen LogP contribution in [0.15, 0.2) is 82.6 Å². The average molecular weight is 474 g/mol. The number of aromatic nitrogens is 3. The first-order valence-corrected chi connectivity index (χ1v) is 11.0. The fourth-order valence-corrected chi connectivity index (χ4v) is 4.19. The van der Waals surface area contributed by atoms with Gasteiger partial charge in [-0.05, 0) is 48.0 Å². The molecule has 0 aliphatic heterocycles. The van der Waals surface area contributed by atoms with Crippen molar-refractivity contribution in [3.63, 3.8) is 0 Å². The van der Waals surface area contributed by atoms with Crippen molar-refractivity contribution in [2.45, 2.75) is 0 Å². The van der Waals surface area contributed by atoms with Crippen molar-refractivity contribution in [2.24, 2.45) is 0 Å². The quantitative estimate of drug-likeness (QED) is 0.365. The molecule has 8 heteroatoms. The van der Waals surface area contributed by atoms with Gasteiger partial charge in [-0.25, -0.2) is 9.36 Å². The molecule has 2 heterocycles. The third kappa shape index (κ3) is 3.96. The van der Waals surface area contributed by atoms with Crippen LogP contribution in [0.25, 0.3) is 38.5 Å². The van der Waals surface area contributed by atoms with Gasteiger partial charge in [-0.3, -0.25) is 9.78 Å². The summed E-state index contributed by atoms with van der Waals surface area (Å²) in [7, 11) is 1.61. The van der Waals surface area contributed by atoms with E-state index >= 15 is 0 Å². The molecule has 0 atom stereocenters. The maximum atomic E-state index is 13.4. The van der Waals surface area contributed by atoms with E-state index in [2.05, 4.69) is 9.97 Å². The lowest BCUT2D eigenvalue weighted by Crippen LogP contribution is -2.33. The van der Waals surface area contributed by atoms with E-state index in [0.717, 1.165) is 26.5 Å². The molecule has 0 saturated heterocycles. The molecular formula is C26H20ClN3O4. The largest absolute Gasteiger partial charge is 0.491 e. The molecule has 170 valence electrons. The van der Waals surface area contributed by atoms with Crippen LogP contribution in [-0.4, -0.2) is 34.9 Å². The van der Waals surface area contributed by atoms with E-state index in [1.165, 1.54) is 0 Å². The van der Waals surface area contributed by atoms with Crippen molar-refractivity contribution in [1.29, 1.82) is 0 Å². The maximum Gasteiger partial charge on any atom is 0.333 e. The Bertz CT molecular complexity index is 1640. The molecule has 0 fully saturated rings. The Labute approximate surface area is 199 Å². The number of pyridine rings is 1. The van der Waals surface area contributed by atoms with Crippen molar-refractivity contribution < 1.29 is 9.47 Å². The topological polar surface area (TPSA) is 86.2 Å². The normalized spacial score (nSPS) is 11.2. The number of nitrogens with one attached hydrogen (secondary N) is 1. The number of fused-ring (bicyclic) bond motifs is 2. The number of aromatic amines is 1. The average Bonchev–Trinajstić information content (AvgIpc) is 2.85. The highest BCUT2D eigenvalue weighted by Crippen LogP contribution is 2.32. The zero-order chi connectivity index (χ0) is 23.7. The first-order valence-electron chi connectivity index (χ1n) is 10.6. The van der Waals surface area contributed by atoms with Crippen LogP contribution in [-0.2, 0) is 4.74 Å². The molecule has 5 aromatic rings. The maximum absolute atomic E-state index is 13.4. The summed E-state index contributed by atoms with van der Waals surface area (Å²) in [6, 6.07) is 17.8. The third-order valence-corrected chi connectivity index (χ3v) is 5.93. The Morgan fingerprint density at radius 3 is 2.74 bits per heavy atom. The summed E-state index contributed by atoms with van der Waals surface area (Å²) in [4.78, 5) is 33.4. The van der Waals surface area contributed by atoms with Gasteiger partial charge in [-0.15, -0.1) is 0 Å². The highest BCUT2D eigenvalue weighted by Gasteiger charge is 2.14. The standard InChI is InChI=1S/C26H20ClN3O4/c1-33-11-12-34-18-6-8-22(27)21(14-18)16-5-7-20-23(13-16)29-26(32)30(25(20)31)24-4-2-3-17-15-28-10-9-19(17)24/h2-10,13-15H,11-12H2,1H3,(H,29,32). The van der Waals surface area contributed by atoms with E-state index < -0.39 is 11.2 Å². The van der Waals surface area contributed by atoms with Crippen LogP contribution < -0.4 is 16.0 Å². The van der Waals surface area contributed by atoms with Gasteiger partial charge < -0.3 is 14.5 Å². The predicted octanol–water partition coefficient (Wildman–Crippen LogP) is 4.57. The van der Waals surface area contributed by atoms with Gasteiger partial charge in [0.25, 0.3) is 5.56 Å². The zero-order valence-corrected chi connectivity index (χ0v) is 19.0. The Morgan fingerprint density at radius 1 is 1.00 bits per heavy atom. The first kappa shape index (κ1) is 21.9. The molecule has 0 amide bonds. The van der Waals surface area contributed by atoms with Gasteiger partial charge in [0.05, 0.1) is 23.2 Å². The number of nitrogens with zero attached hydrogens (tertiary/aromatic N) is 2. The van der Waals surface area contributed by atoms with E-state index in [4.69, 9.17) is 21.1 Å². The van der Waals surface area contributed by atoms with E-state index in [9.17, 15) is 9.59 Å². The Morgan fingerprint density at radius 2 is 1.88 bits per heavy atom. The minimum atomic E-state index is -0.526. The van der Waals surface area contributed by atoms with Gasteiger partial charge in [0, 0.05) is 40.9 Å². The van der Waals surface area contributed by atoms with E-state index in [-0.39, 0.29) is 0 Å². The van der Waals surface area contributed by atoms with Crippen molar-refractivity contribution in [3.05, 3.63) is 98.9 Å². The van der Waals surface area contributed by atoms with Crippen LogP contribution in [0.5, 0.6) is 5.75 Å². The SMILES string of the molecule is COCCOc1ccc(Cl)c(-c2ccc3c(=O)n(-c4cccc5cnccc45)c(=O)[nH]c3c2)c1. The molecule has 0 unspecified atom stereocenters. The van der Waals surface area contributed by atoms with Crippen LogP contribution >= 0.6 is 11.6 Å². The second-order valence-electron chi connectivity index (χ2n) is 7.69. The molecular weight excluding hydrogens is 454 g/mol. The number of hydrogen-bond acceptors (Lipinski definition) is 5. The lowest BCUT2D eigenvalue weighted by atomic mass is 10.0. The lowest BCUT2D eigenvalue weighted by Gasteiger charge is -2.12. The minimum Gasteiger partial charge on any atom is -0.491 e. The van der Waals surface area contributed by atoms with Crippen LogP contribution in [0.4, 0.5) is 0 Å². The molecule has 7 nitrogen and oxygen atoms in total. The number of ether oxygens (including phenoxy) is 2. The minimum absolute atomic E-state index is 0.387. The molecule has 0 bridgehead atoms. The zero-order valence-electron chi connectivity index (χ0n) is 18.2. The van der Waals surface area contributed by atoms with E-state index in [1.54, 1.807) is 68.0 Å². The number of rotatable bonds is 6. The molecule has 2 aromatic heterocycles. The van der Waals surface area contributed by atoms with Crippen LogP contribution in [0.2, 0.25) is 5.02 Å². The fraction of sp³-hybridized carbons (Fsp3) is 0.115. The number of hydrogen-bond donors (Lipinski definition) is 1. The van der Waals surface area contributed by atoms with Crippen LogP contribution in [0.1, 0.15) is 0 Å². The summed E-state index contributed by atoms with van der Waals surface area (Å²) >= 11 is 6.44. The van der Waals surface area contributed by atoms with Gasteiger partial charge in [0.15, 0.2) is 0 Å². The predicted molar refractivity (Wildman–Crippen MR) is 133 cm³/mol. The summed E-state index contributed by atoms with van der Waals surface area (Å²) in [6.07, 6.45) is 3.33. The van der Waals surface area contributed by atoms with E-state index in [1.807, 2.05) is 12.1 Å². The summed E-state index contributed by atoms with van der Waals surface area (Å²) in [5.74, 6) is 0.644. The molecule has 0 spiro atoms. The molecule has 0 aliphatic rings. The molecule has 3 aromatic carbocycles. The summed E-state index contributed by atoms with van der Waals surface area (Å²) in [5, 5.41) is 2.51. The van der Waals surface area contributed by atoms with Gasteiger partial charge in [-0.1, -0.05) is 29.8 Å². The van der Waals surface area contributed by atoms with Crippen molar-refractivity contribution in [3.8, 4) is 22.6 Å². The molecule has 1 N–H and O–H groups in total. The fourth-order valence-electron chi connectivity index (χ4n) is 3.96. The van der Waals surface area contributed by atoms with Crippen molar-refractivity contribution in [2.75, 3.05) is 20.3 Å². The number of H-pyrrole nitrogens is 1. The molecule has 0 aliphatic carbocycles. The molecule has 0 saturated carbocycles. The number of methoxy groups -OCH3 is 1. The highest BCUT2D eigenvalue weighted by molar-refractivity contribution is 6.33. The summed E-state index contributed by atoms with van der Waals surface area (Å²) in [6.45, 7) is 0.876. The van der Waals surface area contributed by atoms with E-state index in [0.29, 0.717) is 40.6 Å². The van der Waals surface area contributed by atoms with Crippen LogP contribution in [0.3, 0.4) is 0 Å². The Kier molecular flexibility index (Phi) is 5.88. The smallest absolute Gasteiger partial charge is 0.333 e. The second kappa shape index (κ2) is 9.13. The molecule has 5 rings (SSSR count). The van der Waals surface area contributed by atoms with Crippen LogP contribution in [0, 0.1) is 0 Å². The number of benzene rings is 3. The third-order valence-electron chi connectivity index (χ3n) is 5.60. The number of halogens is 1. The molecule has 0 radical (unpaired) electrons. The second-order valence-corrected chi connectivity index (χ2v) is 8.10. The Hall–Kier alpha value is -3.94. The van der Waals surface area contributed by atoms with Crippen molar-refractivity contribution >= 4 is 33.3 Å². The Balaban J connectivity index is 1.62. The summed E-state index contributed by atoms with van der Waals surface area (Å²) < 4.78 is 11.9. The first-order chi connectivity index (χ1) is 16.6. The summed E-state index contributed by atoms with van der Waals surface area (Å²) in [5.41, 5.74) is 1.47. The molecule has 34 heavy (non-hydrogen) atoms.